The summed E-state index contributed by atoms with van der Waals surface area (Å²) in [6.07, 6.45) is -0.585. The molecule has 22 heavy (non-hydrogen) atoms. The molecular formula is C13H15ClF3N3O2. The lowest BCUT2D eigenvalue weighted by Gasteiger charge is -2.11. The molecule has 1 aromatic rings. The van der Waals surface area contributed by atoms with Crippen LogP contribution in [0.15, 0.2) is 24.3 Å². The predicted molar refractivity (Wildman–Crippen MR) is 76.6 cm³/mol. The molecule has 1 atom stereocenters. The van der Waals surface area contributed by atoms with Gasteiger partial charge in [0.1, 0.15) is 5.82 Å². The van der Waals surface area contributed by atoms with Crippen LogP contribution < -0.4 is 16.0 Å². The molecule has 1 aliphatic heterocycles. The number of hydrogen-bond acceptors (Lipinski definition) is 3. The van der Waals surface area contributed by atoms with E-state index in [0.717, 1.165) is 0 Å². The molecule has 2 rings (SSSR count). The van der Waals surface area contributed by atoms with Crippen LogP contribution in [-0.4, -0.2) is 36.9 Å². The van der Waals surface area contributed by atoms with E-state index in [2.05, 4.69) is 16.0 Å². The summed E-state index contributed by atoms with van der Waals surface area (Å²) in [5, 5.41) is 7.11. The van der Waals surface area contributed by atoms with Crippen LogP contribution in [-0.2, 0) is 9.59 Å². The van der Waals surface area contributed by atoms with Crippen LogP contribution in [0.25, 0.3) is 0 Å². The quantitative estimate of drug-likeness (QED) is 0.775. The number of hydrogen-bond donors (Lipinski definition) is 3. The molecule has 1 heterocycles. The Hall–Kier alpha value is -1.80. The number of nitrogens with one attached hydrogen (secondary N) is 3. The van der Waals surface area contributed by atoms with Gasteiger partial charge >= 0.3 is 0 Å². The number of carbonyl (C=O) groups excluding carboxylic acids is 2. The van der Waals surface area contributed by atoms with E-state index >= 15 is 0 Å². The maximum Gasteiger partial charge on any atom is 0.262 e. The molecule has 9 heteroatoms. The average molecular weight is 338 g/mol. The first-order chi connectivity index (χ1) is 9.85. The number of carbonyl (C=O) groups is 2. The molecule has 2 amide bonds. The zero-order chi connectivity index (χ0) is 15.5. The van der Waals surface area contributed by atoms with Gasteiger partial charge in [0, 0.05) is 12.1 Å². The molecule has 1 saturated heterocycles. The molecule has 1 unspecified atom stereocenters. The first-order valence-electron chi connectivity index (χ1n) is 6.30. The van der Waals surface area contributed by atoms with Crippen molar-refractivity contribution < 1.29 is 22.8 Å². The average Bonchev–Trinajstić information content (AvgIpc) is 2.79. The summed E-state index contributed by atoms with van der Waals surface area (Å²) in [7, 11) is 0. The van der Waals surface area contributed by atoms with Gasteiger partial charge in [0.25, 0.3) is 5.92 Å². The van der Waals surface area contributed by atoms with Crippen LogP contribution in [0.1, 0.15) is 6.42 Å². The van der Waals surface area contributed by atoms with Gasteiger partial charge in [-0.15, -0.1) is 12.4 Å². The molecular weight excluding hydrogens is 323 g/mol. The summed E-state index contributed by atoms with van der Waals surface area (Å²) < 4.78 is 38.5. The summed E-state index contributed by atoms with van der Waals surface area (Å²) >= 11 is 0. The zero-order valence-corrected chi connectivity index (χ0v) is 12.2. The summed E-state index contributed by atoms with van der Waals surface area (Å²) in [5.41, 5.74) is 0.376. The SMILES string of the molecule is Cl.O=C(CNC(=O)C1CC(F)(F)CN1)Nc1ccc(F)cc1. The third-order valence-electron chi connectivity index (χ3n) is 2.98. The molecule has 3 N–H and O–H groups in total. The van der Waals surface area contributed by atoms with Crippen molar-refractivity contribution in [2.45, 2.75) is 18.4 Å². The molecule has 0 spiro atoms. The first-order valence-corrected chi connectivity index (χ1v) is 6.30. The Labute approximate surface area is 131 Å². The highest BCUT2D eigenvalue weighted by Gasteiger charge is 2.42. The van der Waals surface area contributed by atoms with Crippen LogP contribution in [0, 0.1) is 5.82 Å². The van der Waals surface area contributed by atoms with Crippen LogP contribution in [0.5, 0.6) is 0 Å². The van der Waals surface area contributed by atoms with Crippen LogP contribution in [0.3, 0.4) is 0 Å². The highest BCUT2D eigenvalue weighted by Crippen LogP contribution is 2.24. The van der Waals surface area contributed by atoms with Gasteiger partial charge in [0.2, 0.25) is 11.8 Å². The van der Waals surface area contributed by atoms with E-state index < -0.39 is 42.6 Å². The normalized spacial score (nSPS) is 19.1. The van der Waals surface area contributed by atoms with Gasteiger partial charge < -0.3 is 10.6 Å². The van der Waals surface area contributed by atoms with Crippen molar-refractivity contribution in [3.63, 3.8) is 0 Å². The Morgan fingerprint density at radius 3 is 2.45 bits per heavy atom. The monoisotopic (exact) mass is 337 g/mol. The standard InChI is InChI=1S/C13H14F3N3O2.ClH/c14-8-1-3-9(4-2-8)19-11(20)6-17-12(21)10-5-13(15,16)7-18-10;/h1-4,10,18H,5-7H2,(H,17,21)(H,19,20);1H. The van der Waals surface area contributed by atoms with Crippen molar-refractivity contribution in [3.8, 4) is 0 Å². The summed E-state index contributed by atoms with van der Waals surface area (Å²) in [4.78, 5) is 23.2. The smallest absolute Gasteiger partial charge is 0.262 e. The van der Waals surface area contributed by atoms with Gasteiger partial charge in [-0.3, -0.25) is 14.9 Å². The van der Waals surface area contributed by atoms with Crippen molar-refractivity contribution in [3.05, 3.63) is 30.1 Å². The van der Waals surface area contributed by atoms with Gasteiger partial charge in [-0.25, -0.2) is 13.2 Å². The highest BCUT2D eigenvalue weighted by molar-refractivity contribution is 5.95. The molecule has 0 aliphatic carbocycles. The lowest BCUT2D eigenvalue weighted by Crippen LogP contribution is -2.43. The molecule has 0 saturated carbocycles. The van der Waals surface area contributed by atoms with Gasteiger partial charge in [0.05, 0.1) is 19.1 Å². The minimum atomic E-state index is -2.90. The second-order valence-electron chi connectivity index (χ2n) is 4.77. The van der Waals surface area contributed by atoms with Crippen molar-refractivity contribution in [2.24, 2.45) is 0 Å². The Bertz CT molecular complexity index is 540. The predicted octanol–water partition coefficient (Wildman–Crippen LogP) is 1.30. The summed E-state index contributed by atoms with van der Waals surface area (Å²) in [6, 6.07) is 4.10. The van der Waals surface area contributed by atoms with E-state index in [1.54, 1.807) is 0 Å². The molecule has 1 aromatic carbocycles. The first kappa shape index (κ1) is 18.2. The van der Waals surface area contributed by atoms with E-state index in [-0.39, 0.29) is 19.0 Å². The van der Waals surface area contributed by atoms with E-state index in [9.17, 15) is 22.8 Å². The van der Waals surface area contributed by atoms with Crippen molar-refractivity contribution >= 4 is 29.9 Å². The molecule has 0 radical (unpaired) electrons. The van der Waals surface area contributed by atoms with E-state index in [1.807, 2.05) is 0 Å². The minimum absolute atomic E-state index is 0. The fraction of sp³-hybridized carbons (Fsp3) is 0.385. The summed E-state index contributed by atoms with van der Waals surface area (Å²) in [5.74, 6) is -4.52. The lowest BCUT2D eigenvalue weighted by molar-refractivity contribution is -0.125. The number of alkyl halides is 2. The Morgan fingerprint density at radius 1 is 1.27 bits per heavy atom. The van der Waals surface area contributed by atoms with E-state index in [0.29, 0.717) is 5.69 Å². The number of benzene rings is 1. The fourth-order valence-electron chi connectivity index (χ4n) is 1.93. The van der Waals surface area contributed by atoms with E-state index in [1.165, 1.54) is 24.3 Å². The molecule has 0 bridgehead atoms. The zero-order valence-electron chi connectivity index (χ0n) is 11.4. The minimum Gasteiger partial charge on any atom is -0.346 e. The number of halogens is 4. The van der Waals surface area contributed by atoms with Crippen molar-refractivity contribution in [1.82, 2.24) is 10.6 Å². The molecule has 5 nitrogen and oxygen atoms in total. The van der Waals surface area contributed by atoms with Gasteiger partial charge in [0.15, 0.2) is 0 Å². The highest BCUT2D eigenvalue weighted by atomic mass is 35.5. The summed E-state index contributed by atoms with van der Waals surface area (Å²) in [6.45, 7) is -0.896. The topological polar surface area (TPSA) is 70.2 Å². The number of rotatable bonds is 4. The lowest BCUT2D eigenvalue weighted by atomic mass is 10.2. The molecule has 1 fully saturated rings. The molecule has 1 aliphatic rings. The van der Waals surface area contributed by atoms with Crippen molar-refractivity contribution in [1.29, 1.82) is 0 Å². The number of anilines is 1. The largest absolute Gasteiger partial charge is 0.346 e. The van der Waals surface area contributed by atoms with Crippen LogP contribution in [0.4, 0.5) is 18.9 Å². The molecule has 122 valence electrons. The maximum atomic E-state index is 12.9. The van der Waals surface area contributed by atoms with Gasteiger partial charge in [-0.2, -0.15) is 0 Å². The fourth-order valence-corrected chi connectivity index (χ4v) is 1.93. The third-order valence-corrected chi connectivity index (χ3v) is 2.98. The third kappa shape index (κ3) is 5.19. The Balaban J connectivity index is 0.00000242. The van der Waals surface area contributed by atoms with Gasteiger partial charge in [-0.1, -0.05) is 0 Å². The second-order valence-corrected chi connectivity index (χ2v) is 4.77. The van der Waals surface area contributed by atoms with Crippen molar-refractivity contribution in [2.75, 3.05) is 18.4 Å². The van der Waals surface area contributed by atoms with Crippen LogP contribution >= 0.6 is 12.4 Å². The number of amides is 2. The second kappa shape index (κ2) is 7.46. The Kier molecular flexibility index (Phi) is 6.19. The van der Waals surface area contributed by atoms with E-state index in [4.69, 9.17) is 0 Å². The molecule has 0 aromatic heterocycles. The maximum absolute atomic E-state index is 12.9. The Morgan fingerprint density at radius 2 is 1.91 bits per heavy atom. The van der Waals surface area contributed by atoms with Gasteiger partial charge in [-0.05, 0) is 24.3 Å². The van der Waals surface area contributed by atoms with Crippen LogP contribution in [0.2, 0.25) is 0 Å².